The van der Waals surface area contributed by atoms with E-state index < -0.39 is 30.1 Å². The number of ether oxygens (including phenoxy) is 2. The van der Waals surface area contributed by atoms with Crippen molar-refractivity contribution in [2.75, 3.05) is 0 Å². The van der Waals surface area contributed by atoms with Gasteiger partial charge in [-0.15, -0.1) is 0 Å². The Kier molecular flexibility index (Phi) is 9.05. The molecule has 0 bridgehead atoms. The van der Waals surface area contributed by atoms with Crippen molar-refractivity contribution in [3.63, 3.8) is 0 Å². The molecule has 0 radical (unpaired) electrons. The number of hydrogen-bond donors (Lipinski definition) is 3. The average Bonchev–Trinajstić information content (AvgIpc) is 3.25. The Bertz CT molecular complexity index is 1130. The van der Waals surface area contributed by atoms with E-state index in [4.69, 9.17) is 14.6 Å². The third-order valence-electron chi connectivity index (χ3n) is 13.5. The van der Waals surface area contributed by atoms with Crippen LogP contribution in [0.2, 0.25) is 0 Å². The van der Waals surface area contributed by atoms with Gasteiger partial charge in [0.1, 0.15) is 18.6 Å². The summed E-state index contributed by atoms with van der Waals surface area (Å²) in [7, 11) is 0. The number of aliphatic hydroxyl groups is 2. The lowest BCUT2D eigenvalue weighted by molar-refractivity contribution is -0.252. The first kappa shape index (κ1) is 34.0. The van der Waals surface area contributed by atoms with Crippen LogP contribution in [0.25, 0.3) is 0 Å². The van der Waals surface area contributed by atoms with Crippen LogP contribution in [-0.4, -0.2) is 57.1 Å². The van der Waals surface area contributed by atoms with Crippen molar-refractivity contribution < 1.29 is 39.2 Å². The van der Waals surface area contributed by atoms with Gasteiger partial charge < -0.3 is 24.8 Å². The molecule has 4 saturated carbocycles. The second-order valence-electron chi connectivity index (χ2n) is 16.2. The lowest BCUT2D eigenvalue weighted by atomic mass is 9.35. The van der Waals surface area contributed by atoms with Crippen molar-refractivity contribution in [1.82, 2.24) is 0 Å². The van der Waals surface area contributed by atoms with E-state index in [1.165, 1.54) is 6.92 Å². The van der Waals surface area contributed by atoms with Gasteiger partial charge in [0.2, 0.25) is 0 Å². The highest BCUT2D eigenvalue weighted by atomic mass is 16.5. The Morgan fingerprint density at radius 2 is 1.58 bits per heavy atom. The van der Waals surface area contributed by atoms with E-state index in [0.29, 0.717) is 24.8 Å². The number of carboxylic acids is 1. The van der Waals surface area contributed by atoms with Gasteiger partial charge in [0.25, 0.3) is 0 Å². The minimum Gasteiger partial charge on any atom is -0.481 e. The molecule has 0 aromatic heterocycles. The number of hydrogen-bond acceptors (Lipinski definition) is 7. The molecular formula is C35H56O8. The van der Waals surface area contributed by atoms with Crippen molar-refractivity contribution in [3.05, 3.63) is 12.2 Å². The molecule has 8 nitrogen and oxygen atoms in total. The number of esters is 2. The van der Waals surface area contributed by atoms with E-state index in [2.05, 4.69) is 41.2 Å². The second kappa shape index (κ2) is 11.5. The summed E-state index contributed by atoms with van der Waals surface area (Å²) in [5, 5.41) is 31.5. The molecule has 0 amide bonds. The summed E-state index contributed by atoms with van der Waals surface area (Å²) in [6, 6.07) is 0. The van der Waals surface area contributed by atoms with Crippen LogP contribution in [0.15, 0.2) is 12.2 Å². The van der Waals surface area contributed by atoms with Crippen LogP contribution in [0.4, 0.5) is 0 Å². The molecule has 8 heteroatoms. The first-order valence-corrected chi connectivity index (χ1v) is 16.3. The number of carbonyl (C=O) groups excluding carboxylic acids is 2. The van der Waals surface area contributed by atoms with Gasteiger partial charge in [-0.05, 0) is 106 Å². The molecule has 4 aliphatic rings. The average molecular weight is 605 g/mol. The largest absolute Gasteiger partial charge is 0.481 e. The maximum atomic E-state index is 12.6. The predicted molar refractivity (Wildman–Crippen MR) is 163 cm³/mol. The van der Waals surface area contributed by atoms with Crippen LogP contribution in [0, 0.1) is 45.3 Å². The smallest absolute Gasteiger partial charge is 0.317 e. The second-order valence-corrected chi connectivity index (χ2v) is 16.2. The summed E-state index contributed by atoms with van der Waals surface area (Å²) in [5.74, 6) is -1.73. The number of carbonyl (C=O) groups is 3. The van der Waals surface area contributed by atoms with E-state index in [1.54, 1.807) is 6.92 Å². The molecule has 0 unspecified atom stereocenters. The molecule has 4 fully saturated rings. The molecule has 0 heterocycles. The molecule has 3 N–H and O–H groups in total. The highest BCUT2D eigenvalue weighted by Gasteiger charge is 2.72. The molecule has 0 aromatic carbocycles. The Labute approximate surface area is 258 Å². The highest BCUT2D eigenvalue weighted by Crippen LogP contribution is 2.76. The van der Waals surface area contributed by atoms with E-state index in [9.17, 15) is 24.6 Å². The molecule has 4 aliphatic carbocycles. The van der Waals surface area contributed by atoms with Gasteiger partial charge in [-0.1, -0.05) is 46.8 Å². The standard InChI is InChI=1S/C35H56O8/c1-20(2)23(37)11-17-35(9,41)22-10-15-34(8)30(22)24(42-21(3)36)18-26-32(6)14-13-27(43-29(40)19-28(38)39)31(4,5)25(32)12-16-33(26,34)7/h22-27,30,37,41H,1,10-19H2,2-9H3,(H,38,39)/t22-,23-,24+,25-,26+,27+,30-,32-,33+,34+,35-/m0/s1. The van der Waals surface area contributed by atoms with E-state index >= 15 is 0 Å². The fourth-order valence-electron chi connectivity index (χ4n) is 11.1. The number of rotatable bonds is 9. The quantitative estimate of drug-likeness (QED) is 0.164. The van der Waals surface area contributed by atoms with Crippen molar-refractivity contribution in [2.45, 2.75) is 144 Å². The van der Waals surface area contributed by atoms with Gasteiger partial charge in [0.05, 0.1) is 11.7 Å². The maximum absolute atomic E-state index is 12.6. The Balaban J connectivity index is 1.67. The molecule has 11 atom stereocenters. The molecule has 244 valence electrons. The van der Waals surface area contributed by atoms with Crippen molar-refractivity contribution in [1.29, 1.82) is 0 Å². The zero-order chi connectivity index (χ0) is 32.3. The van der Waals surface area contributed by atoms with Gasteiger partial charge in [0, 0.05) is 18.3 Å². The summed E-state index contributed by atoms with van der Waals surface area (Å²) in [5.41, 5.74) is -0.988. The van der Waals surface area contributed by atoms with Crippen LogP contribution in [0.3, 0.4) is 0 Å². The summed E-state index contributed by atoms with van der Waals surface area (Å²) < 4.78 is 12.0. The highest BCUT2D eigenvalue weighted by molar-refractivity contribution is 5.90. The number of aliphatic carboxylic acids is 1. The minimum absolute atomic E-state index is 0.00362. The predicted octanol–water partition coefficient (Wildman–Crippen LogP) is 6.07. The van der Waals surface area contributed by atoms with Crippen LogP contribution in [0.1, 0.15) is 120 Å². The van der Waals surface area contributed by atoms with Gasteiger partial charge >= 0.3 is 17.9 Å². The van der Waals surface area contributed by atoms with Gasteiger partial charge in [-0.2, -0.15) is 0 Å². The van der Waals surface area contributed by atoms with Crippen molar-refractivity contribution >= 4 is 17.9 Å². The number of aliphatic hydroxyl groups excluding tert-OH is 1. The fourth-order valence-corrected chi connectivity index (χ4v) is 11.1. The van der Waals surface area contributed by atoms with Crippen molar-refractivity contribution in [3.8, 4) is 0 Å². The monoisotopic (exact) mass is 604 g/mol. The van der Waals surface area contributed by atoms with E-state index in [0.717, 1.165) is 38.5 Å². The molecular weight excluding hydrogens is 548 g/mol. The molecule has 4 rings (SSSR count). The minimum atomic E-state index is -1.18. The summed E-state index contributed by atoms with van der Waals surface area (Å²) in [6.45, 7) is 20.5. The van der Waals surface area contributed by atoms with Crippen molar-refractivity contribution in [2.24, 2.45) is 45.3 Å². The van der Waals surface area contributed by atoms with Crippen LogP contribution in [0.5, 0.6) is 0 Å². The van der Waals surface area contributed by atoms with Crippen LogP contribution < -0.4 is 0 Å². The Morgan fingerprint density at radius 1 is 0.953 bits per heavy atom. The SMILES string of the molecule is C=C(C)[C@@H](O)CC[C@](C)(O)[C@H]1CC[C@]2(C)[C@@H]1[C@H](OC(C)=O)C[C@@H]1[C@@]3(C)CC[C@@H](OC(=O)CC(=O)O)C(C)(C)[C@@H]3CC[C@]12C. The first-order chi connectivity index (χ1) is 19.7. The summed E-state index contributed by atoms with van der Waals surface area (Å²) in [4.78, 5) is 36.1. The zero-order valence-corrected chi connectivity index (χ0v) is 27.7. The lowest BCUT2D eigenvalue weighted by Gasteiger charge is -2.70. The van der Waals surface area contributed by atoms with Gasteiger partial charge in [-0.3, -0.25) is 14.4 Å². The number of carboxylic acid groups (broad SMARTS) is 1. The summed E-state index contributed by atoms with van der Waals surface area (Å²) in [6.07, 6.45) is 4.89. The molecule has 0 saturated heterocycles. The lowest BCUT2D eigenvalue weighted by Crippen LogP contribution is -2.67. The first-order valence-electron chi connectivity index (χ1n) is 16.3. The van der Waals surface area contributed by atoms with Crippen LogP contribution in [-0.2, 0) is 23.9 Å². The fraction of sp³-hybridized carbons (Fsp3) is 0.857. The topological polar surface area (TPSA) is 130 Å². The molecule has 0 aliphatic heterocycles. The Morgan fingerprint density at radius 3 is 2.16 bits per heavy atom. The Hall–Kier alpha value is -1.93. The molecule has 0 aromatic rings. The normalized spacial score (nSPS) is 41.9. The molecule has 0 spiro atoms. The number of fused-ring (bicyclic) bond motifs is 5. The summed E-state index contributed by atoms with van der Waals surface area (Å²) >= 11 is 0. The zero-order valence-electron chi connectivity index (χ0n) is 27.7. The molecule has 43 heavy (non-hydrogen) atoms. The van der Waals surface area contributed by atoms with E-state index in [1.807, 2.05) is 6.92 Å². The van der Waals surface area contributed by atoms with E-state index in [-0.39, 0.29) is 63.5 Å². The van der Waals surface area contributed by atoms with Gasteiger partial charge in [-0.25, -0.2) is 0 Å². The van der Waals surface area contributed by atoms with Crippen LogP contribution >= 0.6 is 0 Å². The maximum Gasteiger partial charge on any atom is 0.317 e. The third kappa shape index (κ3) is 5.69. The third-order valence-corrected chi connectivity index (χ3v) is 13.5. The van der Waals surface area contributed by atoms with Gasteiger partial charge in [0.15, 0.2) is 0 Å².